The smallest absolute Gasteiger partial charge is 0.0700 e. The van der Waals surface area contributed by atoms with Gasteiger partial charge < -0.3 is 9.47 Å². The van der Waals surface area contributed by atoms with Gasteiger partial charge in [-0.1, -0.05) is 34.1 Å². The third-order valence-electron chi connectivity index (χ3n) is 2.14. The second kappa shape index (κ2) is 8.25. The maximum absolute atomic E-state index is 5.57. The Hall–Kier alpha value is -0.0800. The van der Waals surface area contributed by atoms with E-state index < -0.39 is 0 Å². The van der Waals surface area contributed by atoms with Crippen LogP contribution in [0.2, 0.25) is 0 Å². The fourth-order valence-electron chi connectivity index (χ4n) is 1.46. The molecule has 0 aromatic carbocycles. The van der Waals surface area contributed by atoms with Crippen molar-refractivity contribution in [1.82, 2.24) is 0 Å². The Bertz CT molecular complexity index is 121. The molecule has 0 fully saturated rings. The molecule has 0 spiro atoms. The first-order valence-corrected chi connectivity index (χ1v) is 5.78. The average molecular weight is 202 g/mol. The van der Waals surface area contributed by atoms with E-state index in [1.807, 2.05) is 0 Å². The number of hydrogen-bond acceptors (Lipinski definition) is 2. The van der Waals surface area contributed by atoms with Gasteiger partial charge in [-0.05, 0) is 18.3 Å². The Kier molecular flexibility index (Phi) is 8.20. The average Bonchev–Trinajstić information content (AvgIpc) is 2.11. The van der Waals surface area contributed by atoms with Gasteiger partial charge in [0.2, 0.25) is 0 Å². The Balaban J connectivity index is 3.26. The summed E-state index contributed by atoms with van der Waals surface area (Å²) in [5.74, 6) is 0. The van der Waals surface area contributed by atoms with Gasteiger partial charge in [0.1, 0.15) is 0 Å². The summed E-state index contributed by atoms with van der Waals surface area (Å²) < 4.78 is 10.9. The summed E-state index contributed by atoms with van der Waals surface area (Å²) in [6, 6.07) is 0. The molecule has 2 nitrogen and oxygen atoms in total. The van der Waals surface area contributed by atoms with Crippen molar-refractivity contribution in [1.29, 1.82) is 0 Å². The van der Waals surface area contributed by atoms with Gasteiger partial charge in [-0.15, -0.1) is 0 Å². The summed E-state index contributed by atoms with van der Waals surface area (Å²) in [6.45, 7) is 12.0. The van der Waals surface area contributed by atoms with Crippen LogP contribution in [-0.2, 0) is 9.47 Å². The maximum atomic E-state index is 5.57. The summed E-state index contributed by atoms with van der Waals surface area (Å²) >= 11 is 0. The van der Waals surface area contributed by atoms with Crippen molar-refractivity contribution in [2.45, 2.75) is 47.0 Å². The molecule has 0 aliphatic heterocycles. The van der Waals surface area contributed by atoms with E-state index in [1.54, 1.807) is 0 Å². The van der Waals surface area contributed by atoms with E-state index in [4.69, 9.17) is 9.47 Å². The van der Waals surface area contributed by atoms with Gasteiger partial charge in [0, 0.05) is 6.61 Å². The van der Waals surface area contributed by atoms with Crippen LogP contribution in [-0.4, -0.2) is 26.4 Å². The highest BCUT2D eigenvalue weighted by Gasteiger charge is 2.16. The van der Waals surface area contributed by atoms with Crippen LogP contribution in [0.3, 0.4) is 0 Å². The minimum absolute atomic E-state index is 0.319. The van der Waals surface area contributed by atoms with Crippen LogP contribution in [0.5, 0.6) is 0 Å². The SMILES string of the molecule is CCCOCCOCC(C)(C)CCC. The second-order valence-electron chi connectivity index (χ2n) is 4.58. The van der Waals surface area contributed by atoms with Crippen LogP contribution >= 0.6 is 0 Å². The Morgan fingerprint density at radius 2 is 1.50 bits per heavy atom. The maximum Gasteiger partial charge on any atom is 0.0700 e. The molecule has 0 amide bonds. The molecule has 0 saturated heterocycles. The Morgan fingerprint density at radius 1 is 0.857 bits per heavy atom. The van der Waals surface area contributed by atoms with Gasteiger partial charge in [-0.3, -0.25) is 0 Å². The van der Waals surface area contributed by atoms with Crippen molar-refractivity contribution in [3.63, 3.8) is 0 Å². The molecular formula is C12H26O2. The van der Waals surface area contributed by atoms with E-state index in [0.717, 1.165) is 32.8 Å². The lowest BCUT2D eigenvalue weighted by atomic mass is 9.89. The summed E-state index contributed by atoms with van der Waals surface area (Å²) in [7, 11) is 0. The largest absolute Gasteiger partial charge is 0.379 e. The van der Waals surface area contributed by atoms with Crippen LogP contribution in [0.4, 0.5) is 0 Å². The predicted octanol–water partition coefficient (Wildman–Crippen LogP) is 3.26. The van der Waals surface area contributed by atoms with Crippen LogP contribution in [0, 0.1) is 5.41 Å². The molecular weight excluding hydrogens is 176 g/mol. The molecule has 0 atom stereocenters. The molecule has 0 rings (SSSR count). The Labute approximate surface area is 89.0 Å². The van der Waals surface area contributed by atoms with E-state index in [9.17, 15) is 0 Å². The molecule has 0 aliphatic carbocycles. The normalized spacial score (nSPS) is 12.0. The zero-order valence-corrected chi connectivity index (χ0v) is 10.3. The molecule has 0 aromatic rings. The minimum Gasteiger partial charge on any atom is -0.379 e. The lowest BCUT2D eigenvalue weighted by Crippen LogP contribution is -2.20. The van der Waals surface area contributed by atoms with Crippen LogP contribution in [0.15, 0.2) is 0 Å². The molecule has 0 heterocycles. The summed E-state index contributed by atoms with van der Waals surface area (Å²) in [4.78, 5) is 0. The molecule has 14 heavy (non-hydrogen) atoms. The molecule has 0 unspecified atom stereocenters. The molecule has 0 N–H and O–H groups in total. The number of rotatable bonds is 9. The van der Waals surface area contributed by atoms with Crippen molar-refractivity contribution < 1.29 is 9.47 Å². The highest BCUT2D eigenvalue weighted by molar-refractivity contribution is 4.66. The minimum atomic E-state index is 0.319. The first kappa shape index (κ1) is 13.9. The van der Waals surface area contributed by atoms with Crippen molar-refractivity contribution in [3.8, 4) is 0 Å². The third kappa shape index (κ3) is 8.52. The van der Waals surface area contributed by atoms with Crippen molar-refractivity contribution in [2.75, 3.05) is 26.4 Å². The predicted molar refractivity (Wildman–Crippen MR) is 60.6 cm³/mol. The molecule has 0 aliphatic rings. The van der Waals surface area contributed by atoms with Gasteiger partial charge in [-0.2, -0.15) is 0 Å². The van der Waals surface area contributed by atoms with Crippen molar-refractivity contribution >= 4 is 0 Å². The van der Waals surface area contributed by atoms with Gasteiger partial charge in [0.15, 0.2) is 0 Å². The van der Waals surface area contributed by atoms with E-state index in [2.05, 4.69) is 27.7 Å². The van der Waals surface area contributed by atoms with Gasteiger partial charge >= 0.3 is 0 Å². The Morgan fingerprint density at radius 3 is 2.07 bits per heavy atom. The fourth-order valence-corrected chi connectivity index (χ4v) is 1.46. The summed E-state index contributed by atoms with van der Waals surface area (Å²) in [5, 5.41) is 0. The zero-order chi connectivity index (χ0) is 10.9. The summed E-state index contributed by atoms with van der Waals surface area (Å²) in [6.07, 6.45) is 3.53. The van der Waals surface area contributed by atoms with Gasteiger partial charge in [-0.25, -0.2) is 0 Å². The molecule has 86 valence electrons. The van der Waals surface area contributed by atoms with E-state index in [-0.39, 0.29) is 0 Å². The second-order valence-corrected chi connectivity index (χ2v) is 4.58. The van der Waals surface area contributed by atoms with Crippen LogP contribution in [0.1, 0.15) is 47.0 Å². The zero-order valence-electron chi connectivity index (χ0n) is 10.3. The van der Waals surface area contributed by atoms with E-state index in [0.29, 0.717) is 5.41 Å². The van der Waals surface area contributed by atoms with Crippen molar-refractivity contribution in [2.24, 2.45) is 5.41 Å². The van der Waals surface area contributed by atoms with Crippen molar-refractivity contribution in [3.05, 3.63) is 0 Å². The quantitative estimate of drug-likeness (QED) is 0.534. The van der Waals surface area contributed by atoms with Gasteiger partial charge in [0.05, 0.1) is 19.8 Å². The molecule has 0 bridgehead atoms. The fraction of sp³-hybridized carbons (Fsp3) is 1.00. The molecule has 2 heteroatoms. The third-order valence-corrected chi connectivity index (χ3v) is 2.14. The van der Waals surface area contributed by atoms with E-state index >= 15 is 0 Å². The molecule has 0 saturated carbocycles. The first-order valence-electron chi connectivity index (χ1n) is 5.78. The lowest BCUT2D eigenvalue weighted by Gasteiger charge is -2.23. The highest BCUT2D eigenvalue weighted by atomic mass is 16.5. The molecule has 0 radical (unpaired) electrons. The summed E-state index contributed by atoms with van der Waals surface area (Å²) in [5.41, 5.74) is 0.319. The van der Waals surface area contributed by atoms with Crippen LogP contribution in [0.25, 0.3) is 0 Å². The van der Waals surface area contributed by atoms with Crippen LogP contribution < -0.4 is 0 Å². The standard InChI is InChI=1S/C12H26O2/c1-5-7-12(3,4)11-14-10-9-13-8-6-2/h5-11H2,1-4H3. The molecule has 0 aromatic heterocycles. The topological polar surface area (TPSA) is 18.5 Å². The first-order chi connectivity index (χ1) is 6.62. The number of ether oxygens (including phenoxy) is 2. The van der Waals surface area contributed by atoms with Gasteiger partial charge in [0.25, 0.3) is 0 Å². The highest BCUT2D eigenvalue weighted by Crippen LogP contribution is 2.21. The monoisotopic (exact) mass is 202 g/mol. The number of hydrogen-bond donors (Lipinski definition) is 0. The van der Waals surface area contributed by atoms with E-state index in [1.165, 1.54) is 12.8 Å². The lowest BCUT2D eigenvalue weighted by molar-refractivity contribution is 0.0125.